The number of halogens is 1. The van der Waals surface area contributed by atoms with Gasteiger partial charge in [0.1, 0.15) is 5.82 Å². The number of hydrogen-bond acceptors (Lipinski definition) is 1. The third kappa shape index (κ3) is 3.12. The summed E-state index contributed by atoms with van der Waals surface area (Å²) in [4.78, 5) is 1.28. The van der Waals surface area contributed by atoms with Crippen LogP contribution >= 0.6 is 11.8 Å². The maximum Gasteiger partial charge on any atom is 0.123 e. The van der Waals surface area contributed by atoms with Crippen LogP contribution in [0.15, 0.2) is 53.4 Å². The summed E-state index contributed by atoms with van der Waals surface area (Å²) in [7, 11) is 0. The van der Waals surface area contributed by atoms with Gasteiger partial charge in [0.15, 0.2) is 0 Å². The standard InChI is InChI=1S/C20H21FS/c1-20(2)12-18(14-4-8-16(21)9-5-14)19(13-20)15-6-10-17(22-3)11-7-15/h4-11H,12-13H2,1-3H3. The van der Waals surface area contributed by atoms with Crippen LogP contribution in [0, 0.1) is 11.2 Å². The van der Waals surface area contributed by atoms with Crippen LogP contribution in [0.25, 0.3) is 11.1 Å². The molecule has 1 aliphatic carbocycles. The zero-order chi connectivity index (χ0) is 15.7. The molecule has 3 rings (SSSR count). The molecule has 0 aromatic heterocycles. The Morgan fingerprint density at radius 1 is 0.818 bits per heavy atom. The second kappa shape index (κ2) is 5.92. The van der Waals surface area contributed by atoms with E-state index in [2.05, 4.69) is 44.4 Å². The number of benzene rings is 2. The highest BCUT2D eigenvalue weighted by molar-refractivity contribution is 7.98. The van der Waals surface area contributed by atoms with Gasteiger partial charge in [-0.25, -0.2) is 4.39 Å². The van der Waals surface area contributed by atoms with Gasteiger partial charge in [-0.05, 0) is 71.1 Å². The predicted molar refractivity (Wildman–Crippen MR) is 94.5 cm³/mol. The summed E-state index contributed by atoms with van der Waals surface area (Å²) in [6.45, 7) is 4.61. The van der Waals surface area contributed by atoms with Crippen molar-refractivity contribution in [3.8, 4) is 0 Å². The highest BCUT2D eigenvalue weighted by Gasteiger charge is 2.31. The lowest BCUT2D eigenvalue weighted by Crippen LogP contribution is -2.05. The summed E-state index contributed by atoms with van der Waals surface area (Å²) in [6, 6.07) is 15.7. The van der Waals surface area contributed by atoms with E-state index in [1.54, 1.807) is 23.9 Å². The molecular weight excluding hydrogens is 291 g/mol. The van der Waals surface area contributed by atoms with Crippen LogP contribution in [0.1, 0.15) is 37.8 Å². The summed E-state index contributed by atoms with van der Waals surface area (Å²) in [6.07, 6.45) is 4.20. The third-order valence-electron chi connectivity index (χ3n) is 4.31. The van der Waals surface area contributed by atoms with E-state index in [-0.39, 0.29) is 11.2 Å². The van der Waals surface area contributed by atoms with Crippen molar-refractivity contribution < 1.29 is 4.39 Å². The van der Waals surface area contributed by atoms with Crippen LogP contribution < -0.4 is 0 Å². The molecule has 0 amide bonds. The van der Waals surface area contributed by atoms with Crippen molar-refractivity contribution >= 4 is 22.9 Å². The fraction of sp³-hybridized carbons (Fsp3) is 0.300. The molecule has 2 heteroatoms. The van der Waals surface area contributed by atoms with E-state index >= 15 is 0 Å². The monoisotopic (exact) mass is 312 g/mol. The Morgan fingerprint density at radius 3 is 1.73 bits per heavy atom. The van der Waals surface area contributed by atoms with Crippen LogP contribution in [0.2, 0.25) is 0 Å². The maximum absolute atomic E-state index is 13.2. The molecule has 114 valence electrons. The van der Waals surface area contributed by atoms with E-state index in [9.17, 15) is 4.39 Å². The summed E-state index contributed by atoms with van der Waals surface area (Å²) >= 11 is 1.76. The van der Waals surface area contributed by atoms with Gasteiger partial charge >= 0.3 is 0 Å². The smallest absolute Gasteiger partial charge is 0.123 e. The van der Waals surface area contributed by atoms with E-state index in [0.29, 0.717) is 0 Å². The minimum absolute atomic E-state index is 0.174. The molecule has 0 atom stereocenters. The number of thioether (sulfide) groups is 1. The quantitative estimate of drug-likeness (QED) is 0.601. The molecule has 2 aromatic carbocycles. The average molecular weight is 312 g/mol. The van der Waals surface area contributed by atoms with Crippen molar-refractivity contribution in [1.82, 2.24) is 0 Å². The number of hydrogen-bond donors (Lipinski definition) is 0. The lowest BCUT2D eigenvalue weighted by molar-refractivity contribution is 0.406. The molecule has 0 saturated carbocycles. The average Bonchev–Trinajstić information content (AvgIpc) is 2.84. The van der Waals surface area contributed by atoms with Gasteiger partial charge in [-0.15, -0.1) is 11.8 Å². The maximum atomic E-state index is 13.2. The van der Waals surface area contributed by atoms with E-state index in [1.165, 1.54) is 21.6 Å². The molecule has 0 spiro atoms. The van der Waals surface area contributed by atoms with Gasteiger partial charge < -0.3 is 0 Å². The molecule has 0 N–H and O–H groups in total. The summed E-state index contributed by atoms with van der Waals surface area (Å²) in [5.41, 5.74) is 5.47. The molecule has 0 fully saturated rings. The topological polar surface area (TPSA) is 0 Å². The first kappa shape index (κ1) is 15.4. The van der Waals surface area contributed by atoms with Crippen LogP contribution in [0.3, 0.4) is 0 Å². The molecule has 0 aliphatic heterocycles. The lowest BCUT2D eigenvalue weighted by atomic mass is 9.87. The second-order valence-corrected chi connectivity index (χ2v) is 7.59. The Bertz CT molecular complexity index is 693. The van der Waals surface area contributed by atoms with Crippen LogP contribution in [-0.4, -0.2) is 6.26 Å². The normalized spacial score (nSPS) is 17.1. The Morgan fingerprint density at radius 2 is 1.27 bits per heavy atom. The van der Waals surface area contributed by atoms with Gasteiger partial charge in [0.2, 0.25) is 0 Å². The van der Waals surface area contributed by atoms with Crippen LogP contribution in [0.5, 0.6) is 0 Å². The zero-order valence-corrected chi connectivity index (χ0v) is 14.1. The van der Waals surface area contributed by atoms with Gasteiger partial charge in [0.05, 0.1) is 0 Å². The van der Waals surface area contributed by atoms with Crippen molar-refractivity contribution in [2.75, 3.05) is 6.26 Å². The SMILES string of the molecule is CSc1ccc(C2=C(c3ccc(F)cc3)CC(C)(C)C2)cc1. The number of rotatable bonds is 3. The molecule has 0 radical (unpaired) electrons. The Kier molecular flexibility index (Phi) is 4.14. The van der Waals surface area contributed by atoms with Gasteiger partial charge in [-0.3, -0.25) is 0 Å². The van der Waals surface area contributed by atoms with Gasteiger partial charge in [-0.1, -0.05) is 38.1 Å². The highest BCUT2D eigenvalue weighted by atomic mass is 32.2. The largest absolute Gasteiger partial charge is 0.207 e. The van der Waals surface area contributed by atoms with E-state index in [4.69, 9.17) is 0 Å². The second-order valence-electron chi connectivity index (χ2n) is 6.71. The minimum Gasteiger partial charge on any atom is -0.207 e. The Hall–Kier alpha value is -1.54. The summed E-state index contributed by atoms with van der Waals surface area (Å²) in [5.74, 6) is -0.174. The molecule has 22 heavy (non-hydrogen) atoms. The predicted octanol–water partition coefficient (Wildman–Crippen LogP) is 6.28. The van der Waals surface area contributed by atoms with Gasteiger partial charge in [0.25, 0.3) is 0 Å². The summed E-state index contributed by atoms with van der Waals surface area (Å²) < 4.78 is 13.2. The van der Waals surface area contributed by atoms with Crippen molar-refractivity contribution in [2.45, 2.75) is 31.6 Å². The van der Waals surface area contributed by atoms with Crippen molar-refractivity contribution in [1.29, 1.82) is 0 Å². The Balaban J connectivity index is 2.05. The number of allylic oxidation sites excluding steroid dienone is 2. The van der Waals surface area contributed by atoms with E-state index in [0.717, 1.165) is 18.4 Å². The first-order valence-electron chi connectivity index (χ1n) is 7.61. The van der Waals surface area contributed by atoms with E-state index in [1.807, 2.05) is 12.1 Å². The molecule has 0 saturated heterocycles. The molecule has 1 aliphatic rings. The van der Waals surface area contributed by atoms with Crippen molar-refractivity contribution in [3.63, 3.8) is 0 Å². The molecule has 0 heterocycles. The lowest BCUT2D eigenvalue weighted by Gasteiger charge is -2.17. The van der Waals surface area contributed by atoms with Gasteiger partial charge in [-0.2, -0.15) is 0 Å². The molecule has 2 aromatic rings. The zero-order valence-electron chi connectivity index (χ0n) is 13.3. The van der Waals surface area contributed by atoms with Crippen LogP contribution in [0.4, 0.5) is 4.39 Å². The highest BCUT2D eigenvalue weighted by Crippen LogP contribution is 2.49. The minimum atomic E-state index is -0.174. The molecule has 0 unspecified atom stereocenters. The Labute approximate surface area is 136 Å². The molecule has 0 nitrogen and oxygen atoms in total. The fourth-order valence-electron chi connectivity index (χ4n) is 3.23. The van der Waals surface area contributed by atoms with Gasteiger partial charge in [0, 0.05) is 4.90 Å². The van der Waals surface area contributed by atoms with Crippen LogP contribution in [-0.2, 0) is 0 Å². The summed E-state index contributed by atoms with van der Waals surface area (Å²) in [5, 5.41) is 0. The first-order valence-corrected chi connectivity index (χ1v) is 8.83. The third-order valence-corrected chi connectivity index (χ3v) is 5.05. The fourth-order valence-corrected chi connectivity index (χ4v) is 3.64. The molecule has 0 bridgehead atoms. The molecular formula is C20H21FS. The van der Waals surface area contributed by atoms with Crippen molar-refractivity contribution in [2.24, 2.45) is 5.41 Å². The van der Waals surface area contributed by atoms with Crippen molar-refractivity contribution in [3.05, 3.63) is 65.5 Å². The van der Waals surface area contributed by atoms with E-state index < -0.39 is 0 Å². The first-order chi connectivity index (χ1) is 10.5.